The van der Waals surface area contributed by atoms with Gasteiger partial charge in [0, 0.05) is 56.5 Å². The van der Waals surface area contributed by atoms with E-state index in [1.807, 2.05) is 35.9 Å². The Balaban J connectivity index is 1.06. The molecule has 0 unspecified atom stereocenters. The van der Waals surface area contributed by atoms with Crippen LogP contribution in [0.4, 0.5) is 4.79 Å². The molecule has 2 fully saturated rings. The largest absolute Gasteiger partial charge is 0.488 e. The summed E-state index contributed by atoms with van der Waals surface area (Å²) in [5.74, 6) is 2.90. The quantitative estimate of drug-likeness (QED) is 0.101. The van der Waals surface area contributed by atoms with Crippen molar-refractivity contribution in [1.29, 1.82) is 0 Å². The van der Waals surface area contributed by atoms with Gasteiger partial charge >= 0.3 is 6.09 Å². The number of carbonyl (C=O) groups excluding carboxylic acids is 3. The number of benzene rings is 3. The van der Waals surface area contributed by atoms with Gasteiger partial charge in [0.25, 0.3) is 0 Å². The molecular formula is C47H59N7O7. The second-order valence-electron chi connectivity index (χ2n) is 17.4. The molecule has 61 heavy (non-hydrogen) atoms. The summed E-state index contributed by atoms with van der Waals surface area (Å²) in [4.78, 5) is 60.9. The molecule has 3 N–H and O–H groups in total. The number of hydrogen-bond donors (Lipinski definition) is 3. The predicted octanol–water partition coefficient (Wildman–Crippen LogP) is 7.94. The van der Waals surface area contributed by atoms with E-state index in [1.54, 1.807) is 14.2 Å². The van der Waals surface area contributed by atoms with Crippen LogP contribution in [-0.4, -0.2) is 101 Å². The molecule has 0 spiro atoms. The summed E-state index contributed by atoms with van der Waals surface area (Å²) in [6, 6.07) is 13.6. The van der Waals surface area contributed by atoms with Gasteiger partial charge in [-0.25, -0.2) is 14.8 Å². The molecule has 2 aromatic heterocycles. The standard InChI is InChI=1S/C47H59N7O7/c1-8-26(3)14-41(55)53-21-28(23-58-5)15-38(53)44-48-20-37(50-44)31-10-12-33-32(17-31)25-61-40-19-34-30(18-35(33)40)11-13-36-43(34)51-45(49-36)39-16-29(24-59-6)22-54(39)46(56)42(27(4)9-2)52-47(57)60-7/h10-13,17-20,26-29,38-39,42H,8-9,14-16,21-25H2,1-7H3,(H,48,50)(H,49,51)(H,52,57)/t26-,27+,28+,29+,38+,39+,42+/m1/s1. The van der Waals surface area contributed by atoms with Crippen molar-refractivity contribution in [3.63, 3.8) is 0 Å². The number of aromatic amines is 2. The molecule has 0 bridgehead atoms. The van der Waals surface area contributed by atoms with Crippen molar-refractivity contribution in [2.24, 2.45) is 23.7 Å². The molecule has 14 nitrogen and oxygen atoms in total. The lowest BCUT2D eigenvalue weighted by Crippen LogP contribution is -2.51. The van der Waals surface area contributed by atoms with E-state index in [4.69, 9.17) is 28.9 Å². The average molecular weight is 834 g/mol. The number of carbonyl (C=O) groups is 3. The van der Waals surface area contributed by atoms with E-state index in [9.17, 15) is 14.4 Å². The number of H-pyrrole nitrogens is 2. The molecule has 3 amide bonds. The number of ether oxygens (including phenoxy) is 4. The first kappa shape index (κ1) is 42.2. The Morgan fingerprint density at radius 2 is 1.62 bits per heavy atom. The number of alkyl carbamates (subject to hydrolysis) is 1. The summed E-state index contributed by atoms with van der Waals surface area (Å²) < 4.78 is 22.4. The Kier molecular flexibility index (Phi) is 12.4. The number of methoxy groups -OCH3 is 3. The first-order valence-electron chi connectivity index (χ1n) is 21.7. The normalized spacial score (nSPS) is 21.2. The van der Waals surface area contributed by atoms with Crippen LogP contribution in [-0.2, 0) is 30.4 Å². The Bertz CT molecular complexity index is 2410. The van der Waals surface area contributed by atoms with Crippen LogP contribution in [0.2, 0.25) is 0 Å². The summed E-state index contributed by atoms with van der Waals surface area (Å²) in [6.07, 6.45) is 4.93. The van der Waals surface area contributed by atoms with Crippen molar-refractivity contribution in [2.45, 2.75) is 84.5 Å². The highest BCUT2D eigenvalue weighted by Crippen LogP contribution is 2.44. The summed E-state index contributed by atoms with van der Waals surface area (Å²) in [7, 11) is 4.69. The zero-order valence-electron chi connectivity index (χ0n) is 36.4. The number of hydrogen-bond acceptors (Lipinski definition) is 9. The number of nitrogens with one attached hydrogen (secondary N) is 3. The topological polar surface area (TPSA) is 164 Å². The fourth-order valence-corrected chi connectivity index (χ4v) is 9.49. The minimum absolute atomic E-state index is 0.102. The zero-order valence-corrected chi connectivity index (χ0v) is 36.4. The molecule has 5 aromatic rings. The Morgan fingerprint density at radius 3 is 2.33 bits per heavy atom. The molecule has 0 radical (unpaired) electrons. The third-order valence-electron chi connectivity index (χ3n) is 13.2. The van der Waals surface area contributed by atoms with Gasteiger partial charge in [-0.1, -0.05) is 58.7 Å². The smallest absolute Gasteiger partial charge is 0.407 e. The lowest BCUT2D eigenvalue weighted by molar-refractivity contribution is -0.136. The van der Waals surface area contributed by atoms with Crippen molar-refractivity contribution < 1.29 is 33.3 Å². The van der Waals surface area contributed by atoms with Crippen molar-refractivity contribution in [3.8, 4) is 28.1 Å². The van der Waals surface area contributed by atoms with Crippen LogP contribution in [0.1, 0.15) is 89.1 Å². The van der Waals surface area contributed by atoms with E-state index in [2.05, 4.69) is 65.5 Å². The Morgan fingerprint density at radius 1 is 0.885 bits per heavy atom. The van der Waals surface area contributed by atoms with Crippen LogP contribution in [0.15, 0.2) is 48.7 Å². The highest BCUT2D eigenvalue weighted by molar-refractivity contribution is 6.07. The molecule has 0 saturated carbocycles. The third kappa shape index (κ3) is 8.31. The predicted molar refractivity (Wildman–Crippen MR) is 233 cm³/mol. The van der Waals surface area contributed by atoms with Crippen LogP contribution in [0.25, 0.3) is 44.2 Å². The van der Waals surface area contributed by atoms with Gasteiger partial charge in [-0.05, 0) is 71.0 Å². The maximum absolute atomic E-state index is 14.2. The van der Waals surface area contributed by atoms with Gasteiger partial charge in [0.15, 0.2) is 0 Å². The molecule has 14 heteroatoms. The van der Waals surface area contributed by atoms with Crippen LogP contribution in [0, 0.1) is 23.7 Å². The van der Waals surface area contributed by atoms with Crippen molar-refractivity contribution in [2.75, 3.05) is 47.6 Å². The monoisotopic (exact) mass is 833 g/mol. The fraction of sp³-hybridized carbons (Fsp3) is 0.511. The van der Waals surface area contributed by atoms with Gasteiger partial charge in [0.1, 0.15) is 30.0 Å². The summed E-state index contributed by atoms with van der Waals surface area (Å²) in [5, 5.41) is 4.77. The number of imidazole rings is 2. The van der Waals surface area contributed by atoms with Crippen LogP contribution >= 0.6 is 0 Å². The van der Waals surface area contributed by atoms with Crippen LogP contribution in [0.3, 0.4) is 0 Å². The third-order valence-corrected chi connectivity index (χ3v) is 13.2. The highest BCUT2D eigenvalue weighted by atomic mass is 16.5. The van der Waals surface area contributed by atoms with Gasteiger partial charge < -0.3 is 44.0 Å². The summed E-state index contributed by atoms with van der Waals surface area (Å²) >= 11 is 0. The molecule has 5 heterocycles. The van der Waals surface area contributed by atoms with E-state index in [-0.39, 0.29) is 41.7 Å². The van der Waals surface area contributed by atoms with Crippen molar-refractivity contribution in [3.05, 3.63) is 65.9 Å². The summed E-state index contributed by atoms with van der Waals surface area (Å²) in [6.45, 7) is 10.9. The minimum atomic E-state index is -0.737. The second-order valence-corrected chi connectivity index (χ2v) is 17.4. The van der Waals surface area contributed by atoms with E-state index in [1.165, 1.54) is 7.11 Å². The van der Waals surface area contributed by atoms with E-state index < -0.39 is 12.1 Å². The number of amides is 3. The zero-order chi connectivity index (χ0) is 42.9. The number of likely N-dealkylation sites (tertiary alicyclic amines) is 2. The van der Waals surface area contributed by atoms with Gasteiger partial charge in [-0.3, -0.25) is 9.59 Å². The molecule has 3 aliphatic heterocycles. The molecule has 0 aliphatic carbocycles. The molecule has 3 aliphatic rings. The van der Waals surface area contributed by atoms with E-state index in [0.29, 0.717) is 63.9 Å². The van der Waals surface area contributed by atoms with Gasteiger partial charge in [0.2, 0.25) is 11.8 Å². The van der Waals surface area contributed by atoms with Crippen LogP contribution in [0.5, 0.6) is 5.75 Å². The molecule has 3 aromatic carbocycles. The van der Waals surface area contributed by atoms with Gasteiger partial charge in [-0.2, -0.15) is 0 Å². The molecule has 324 valence electrons. The molecule has 2 saturated heterocycles. The average Bonchev–Trinajstić information content (AvgIpc) is 4.10. The van der Waals surface area contributed by atoms with Crippen molar-refractivity contribution >= 4 is 39.7 Å². The Labute approximate surface area is 357 Å². The van der Waals surface area contributed by atoms with E-state index >= 15 is 0 Å². The first-order valence-corrected chi connectivity index (χ1v) is 21.7. The maximum Gasteiger partial charge on any atom is 0.407 e. The second kappa shape index (κ2) is 17.9. The minimum Gasteiger partial charge on any atom is -0.488 e. The van der Waals surface area contributed by atoms with E-state index in [0.717, 1.165) is 74.2 Å². The van der Waals surface area contributed by atoms with Gasteiger partial charge in [-0.15, -0.1) is 0 Å². The fourth-order valence-electron chi connectivity index (χ4n) is 9.49. The molecule has 7 atom stereocenters. The number of aromatic nitrogens is 4. The number of fused-ring (bicyclic) bond motifs is 6. The van der Waals surface area contributed by atoms with Crippen LogP contribution < -0.4 is 10.1 Å². The van der Waals surface area contributed by atoms with Gasteiger partial charge in [0.05, 0.1) is 55.3 Å². The maximum atomic E-state index is 14.2. The number of rotatable bonds is 14. The Hall–Kier alpha value is -5.47. The lowest BCUT2D eigenvalue weighted by atomic mass is 9.92. The SMILES string of the molecule is CC[C@@H](C)CC(=O)N1C[C@@H](COC)C[C@H]1c1ncc(-c2ccc3c(c2)COc2cc4c(ccc5[nH]c([C@@H]6C[C@H](COC)CN6C(=O)[C@@H](NC(=O)OC)[C@@H](C)CC)nc54)cc2-3)[nH]1. The van der Waals surface area contributed by atoms with Crippen molar-refractivity contribution in [1.82, 2.24) is 35.1 Å². The summed E-state index contributed by atoms with van der Waals surface area (Å²) in [5.41, 5.74) is 6.76. The molecule has 8 rings (SSSR count). The molecular weight excluding hydrogens is 775 g/mol. The first-order chi connectivity index (χ1) is 29.5. The lowest BCUT2D eigenvalue weighted by Gasteiger charge is -2.30. The highest BCUT2D eigenvalue weighted by Gasteiger charge is 2.42. The number of nitrogens with zero attached hydrogens (tertiary/aromatic N) is 4.